The predicted octanol–water partition coefficient (Wildman–Crippen LogP) is 1.87. The third-order valence-corrected chi connectivity index (χ3v) is 7.85. The van der Waals surface area contributed by atoms with Gasteiger partial charge in [0.05, 0.1) is 16.5 Å². The number of nitrogens with zero attached hydrogens (tertiary/aromatic N) is 3. The number of nitriles is 1. The Balaban J connectivity index is 1.70. The van der Waals surface area contributed by atoms with Crippen LogP contribution in [0.15, 0.2) is 64.9 Å². The van der Waals surface area contributed by atoms with E-state index >= 15 is 0 Å². The highest BCUT2D eigenvalue weighted by Gasteiger charge is 2.32. The molecule has 0 bridgehead atoms. The van der Waals surface area contributed by atoms with E-state index in [1.807, 2.05) is 24.3 Å². The Morgan fingerprint density at radius 1 is 0.857 bits per heavy atom. The van der Waals surface area contributed by atoms with Crippen LogP contribution in [-0.2, 0) is 20.0 Å². The smallest absolute Gasteiger partial charge is 0.208 e. The molecule has 2 aromatic carbocycles. The van der Waals surface area contributed by atoms with E-state index in [9.17, 15) is 16.8 Å². The zero-order chi connectivity index (χ0) is 20.2. The molecule has 1 saturated heterocycles. The first-order valence-corrected chi connectivity index (χ1v) is 11.5. The summed E-state index contributed by atoms with van der Waals surface area (Å²) in [5.41, 5.74) is 1.03. The van der Waals surface area contributed by atoms with Crippen molar-refractivity contribution in [3.63, 3.8) is 0 Å². The molecule has 0 radical (unpaired) electrons. The highest BCUT2D eigenvalue weighted by atomic mass is 32.2. The van der Waals surface area contributed by atoms with Crippen LogP contribution in [0.3, 0.4) is 0 Å². The summed E-state index contributed by atoms with van der Waals surface area (Å²) in [6, 6.07) is 16.8. The van der Waals surface area contributed by atoms with Gasteiger partial charge in [0.1, 0.15) is 0 Å². The first kappa shape index (κ1) is 20.2. The van der Waals surface area contributed by atoms with Gasteiger partial charge in [0.25, 0.3) is 0 Å². The summed E-state index contributed by atoms with van der Waals surface area (Å²) in [5, 5.41) is 10.1. The second-order valence-corrected chi connectivity index (χ2v) is 9.96. The van der Waals surface area contributed by atoms with Crippen LogP contribution in [0.5, 0.6) is 0 Å². The van der Waals surface area contributed by atoms with E-state index in [2.05, 4.69) is 0 Å². The second-order valence-electron chi connectivity index (χ2n) is 6.20. The summed E-state index contributed by atoms with van der Waals surface area (Å²) in [7, 11) is -7.41. The molecule has 0 atom stereocenters. The average molecular weight is 418 g/mol. The molecule has 0 aromatic heterocycles. The molecule has 0 amide bonds. The molecular weight excluding hydrogens is 398 g/mol. The maximum absolute atomic E-state index is 12.8. The molecule has 7 nitrogen and oxygen atoms in total. The van der Waals surface area contributed by atoms with Gasteiger partial charge < -0.3 is 0 Å². The lowest BCUT2D eigenvalue weighted by molar-refractivity contribution is 0.275. The zero-order valence-corrected chi connectivity index (χ0v) is 16.6. The molecular formula is C19H19N3O4S2. The fraction of sp³-hybridized carbons (Fsp3) is 0.211. The van der Waals surface area contributed by atoms with E-state index in [1.165, 1.54) is 39.0 Å². The molecule has 1 fully saturated rings. The molecule has 3 rings (SSSR count). The maximum Gasteiger partial charge on any atom is 0.243 e. The van der Waals surface area contributed by atoms with Crippen LogP contribution in [0.1, 0.15) is 11.1 Å². The lowest BCUT2D eigenvalue weighted by Crippen LogP contribution is -2.49. The summed E-state index contributed by atoms with van der Waals surface area (Å²) in [4.78, 5) is 0.0341. The SMILES string of the molecule is N#Cc1cccc(S(=O)(=O)N2CCN(S(=O)(=O)/C=C/c3ccccc3)CC2)c1. The molecule has 0 N–H and O–H groups in total. The van der Waals surface area contributed by atoms with Crippen LogP contribution < -0.4 is 0 Å². The van der Waals surface area contributed by atoms with Crippen molar-refractivity contribution in [3.8, 4) is 6.07 Å². The minimum atomic E-state index is -3.78. The third kappa shape index (κ3) is 4.48. The van der Waals surface area contributed by atoms with Gasteiger partial charge in [0.15, 0.2) is 0 Å². The topological polar surface area (TPSA) is 98.5 Å². The third-order valence-electron chi connectivity index (χ3n) is 4.39. The Kier molecular flexibility index (Phi) is 5.96. The maximum atomic E-state index is 12.8. The van der Waals surface area contributed by atoms with E-state index in [1.54, 1.807) is 12.1 Å². The lowest BCUT2D eigenvalue weighted by atomic mass is 10.2. The second kappa shape index (κ2) is 8.24. The minimum Gasteiger partial charge on any atom is -0.208 e. The minimum absolute atomic E-state index is 0.0341. The normalized spacial score (nSPS) is 16.8. The van der Waals surface area contributed by atoms with Crippen molar-refractivity contribution in [1.29, 1.82) is 5.26 Å². The number of sulfonamides is 2. The molecule has 1 aliphatic heterocycles. The molecule has 0 aliphatic carbocycles. The van der Waals surface area contributed by atoms with Crippen LogP contribution in [-0.4, -0.2) is 51.6 Å². The van der Waals surface area contributed by atoms with Gasteiger partial charge in [-0.3, -0.25) is 0 Å². The molecule has 0 saturated carbocycles. The van der Waals surface area contributed by atoms with Crippen molar-refractivity contribution in [2.75, 3.05) is 26.2 Å². The Labute approximate surface area is 165 Å². The van der Waals surface area contributed by atoms with E-state index in [-0.39, 0.29) is 36.6 Å². The van der Waals surface area contributed by atoms with Crippen molar-refractivity contribution in [2.24, 2.45) is 0 Å². The van der Waals surface area contributed by atoms with E-state index in [0.29, 0.717) is 0 Å². The summed E-state index contributed by atoms with van der Waals surface area (Å²) >= 11 is 0. The Morgan fingerprint density at radius 2 is 1.50 bits per heavy atom. The van der Waals surface area contributed by atoms with E-state index in [0.717, 1.165) is 11.0 Å². The lowest BCUT2D eigenvalue weighted by Gasteiger charge is -2.32. The molecule has 0 spiro atoms. The summed E-state index contributed by atoms with van der Waals surface area (Å²) < 4.78 is 53.0. The van der Waals surface area contributed by atoms with Crippen LogP contribution in [0, 0.1) is 11.3 Å². The van der Waals surface area contributed by atoms with Crippen molar-refractivity contribution in [2.45, 2.75) is 4.90 Å². The van der Waals surface area contributed by atoms with E-state index < -0.39 is 20.0 Å². The van der Waals surface area contributed by atoms with Crippen molar-refractivity contribution >= 4 is 26.1 Å². The predicted molar refractivity (Wildman–Crippen MR) is 106 cm³/mol. The highest BCUT2D eigenvalue weighted by Crippen LogP contribution is 2.20. The summed E-state index contributed by atoms with van der Waals surface area (Å²) in [5.74, 6) is 0. The van der Waals surface area contributed by atoms with Gasteiger partial charge in [-0.2, -0.15) is 13.9 Å². The van der Waals surface area contributed by atoms with Crippen molar-refractivity contribution < 1.29 is 16.8 Å². The molecule has 28 heavy (non-hydrogen) atoms. The number of benzene rings is 2. The first-order chi connectivity index (χ1) is 13.3. The quantitative estimate of drug-likeness (QED) is 0.740. The fourth-order valence-electron chi connectivity index (χ4n) is 2.85. The van der Waals surface area contributed by atoms with Crippen LogP contribution >= 0.6 is 0 Å². The van der Waals surface area contributed by atoms with Crippen LogP contribution in [0.2, 0.25) is 0 Å². The first-order valence-electron chi connectivity index (χ1n) is 8.56. The Morgan fingerprint density at radius 3 is 2.14 bits per heavy atom. The highest BCUT2D eigenvalue weighted by molar-refractivity contribution is 7.92. The summed E-state index contributed by atoms with van der Waals surface area (Å²) in [6.07, 6.45) is 1.52. The van der Waals surface area contributed by atoms with Gasteiger partial charge in [-0.05, 0) is 29.8 Å². The number of piperazine rings is 1. The van der Waals surface area contributed by atoms with Crippen molar-refractivity contribution in [3.05, 3.63) is 71.1 Å². The molecule has 146 valence electrons. The molecule has 0 unspecified atom stereocenters. The Bertz CT molecular complexity index is 1110. The van der Waals surface area contributed by atoms with Crippen LogP contribution in [0.25, 0.3) is 6.08 Å². The molecule has 1 aliphatic rings. The van der Waals surface area contributed by atoms with Gasteiger partial charge in [0.2, 0.25) is 20.0 Å². The molecule has 9 heteroatoms. The van der Waals surface area contributed by atoms with Gasteiger partial charge in [0, 0.05) is 31.6 Å². The average Bonchev–Trinajstić information content (AvgIpc) is 2.73. The Hall–Kier alpha value is -2.51. The largest absolute Gasteiger partial charge is 0.243 e. The van der Waals surface area contributed by atoms with Crippen LogP contribution in [0.4, 0.5) is 0 Å². The van der Waals surface area contributed by atoms with Gasteiger partial charge in [-0.25, -0.2) is 16.8 Å². The standard InChI is InChI=1S/C19H19N3O4S2/c20-16-18-7-4-8-19(15-18)28(25,26)22-12-10-21(11-13-22)27(23,24)14-9-17-5-2-1-3-6-17/h1-9,14-15H,10-13H2/b14-9+. The van der Waals surface area contributed by atoms with Gasteiger partial charge >= 0.3 is 0 Å². The fourth-order valence-corrected chi connectivity index (χ4v) is 5.50. The molecule has 2 aromatic rings. The monoisotopic (exact) mass is 417 g/mol. The number of rotatable bonds is 5. The van der Waals surface area contributed by atoms with E-state index in [4.69, 9.17) is 5.26 Å². The molecule has 1 heterocycles. The zero-order valence-electron chi connectivity index (χ0n) is 15.0. The van der Waals surface area contributed by atoms with Gasteiger partial charge in [-0.15, -0.1) is 0 Å². The van der Waals surface area contributed by atoms with Gasteiger partial charge in [-0.1, -0.05) is 36.4 Å². The number of hydrogen-bond acceptors (Lipinski definition) is 5. The number of hydrogen-bond donors (Lipinski definition) is 0. The van der Waals surface area contributed by atoms with Crippen molar-refractivity contribution in [1.82, 2.24) is 8.61 Å². The summed E-state index contributed by atoms with van der Waals surface area (Å²) in [6.45, 7) is 0.242.